The Kier molecular flexibility index (Phi) is 8.49. The van der Waals surface area contributed by atoms with Gasteiger partial charge in [0, 0.05) is 75.4 Å². The van der Waals surface area contributed by atoms with Gasteiger partial charge in [-0.2, -0.15) is 0 Å². The van der Waals surface area contributed by atoms with E-state index in [-0.39, 0.29) is 69.4 Å². The van der Waals surface area contributed by atoms with Crippen LogP contribution >= 0.6 is 23.2 Å². The van der Waals surface area contributed by atoms with Gasteiger partial charge in [0.15, 0.2) is 22.3 Å². The molecule has 2 aliphatic heterocycles. The number of amides is 2. The molecule has 8 rings (SSSR count). The average molecular weight is 774 g/mol. The lowest BCUT2D eigenvalue weighted by Crippen LogP contribution is -2.44. The molecular formula is C36H34Cl2N10O6. The summed E-state index contributed by atoms with van der Waals surface area (Å²) in [6.07, 6.45) is 1.72. The molecule has 0 saturated carbocycles. The molecule has 2 amide bonds. The van der Waals surface area contributed by atoms with Crippen LogP contribution in [-0.2, 0) is 50.9 Å². The smallest absolute Gasteiger partial charge is 0.332 e. The third-order valence-electron chi connectivity index (χ3n) is 10.5. The number of benzene rings is 2. The molecule has 6 aromatic rings. The Labute approximate surface area is 315 Å². The van der Waals surface area contributed by atoms with Crippen molar-refractivity contribution in [3.05, 3.63) is 88.1 Å². The summed E-state index contributed by atoms with van der Waals surface area (Å²) in [5.41, 5.74) is 0.633. The van der Waals surface area contributed by atoms with Gasteiger partial charge < -0.3 is 19.8 Å². The van der Waals surface area contributed by atoms with E-state index in [1.54, 1.807) is 59.6 Å². The normalized spacial score (nSPS) is 17.2. The molecule has 2 aliphatic rings. The van der Waals surface area contributed by atoms with Crippen LogP contribution in [0.5, 0.6) is 0 Å². The Morgan fingerprint density at radius 3 is 1.31 bits per heavy atom. The first-order valence-corrected chi connectivity index (χ1v) is 18.0. The predicted molar refractivity (Wildman–Crippen MR) is 203 cm³/mol. The molecule has 2 unspecified atom stereocenters. The Bertz CT molecular complexity index is 2670. The lowest BCUT2D eigenvalue weighted by atomic mass is 10.00. The first kappa shape index (κ1) is 35.3. The lowest BCUT2D eigenvalue weighted by molar-refractivity contribution is -0.120. The molecular weight excluding hydrogens is 739 g/mol. The van der Waals surface area contributed by atoms with Crippen molar-refractivity contribution >= 4 is 57.3 Å². The van der Waals surface area contributed by atoms with Crippen LogP contribution in [0.3, 0.4) is 0 Å². The van der Waals surface area contributed by atoms with Crippen LogP contribution in [0.25, 0.3) is 56.2 Å². The summed E-state index contributed by atoms with van der Waals surface area (Å²) in [6.45, 7) is 0.0772. The van der Waals surface area contributed by atoms with Crippen LogP contribution in [0.15, 0.2) is 55.6 Å². The van der Waals surface area contributed by atoms with Crippen LogP contribution in [0.4, 0.5) is 0 Å². The lowest BCUT2D eigenvalue weighted by Gasteiger charge is -2.14. The standard InChI is InChI=1S/C36H34Cl2N10O6/c1-43-27-31(45(3)35(53)47(33(27)51)15-17-11-13-23(49)39-17)41-29(43)21-9-5-7-19(25(21)37)20-8-6-10-22(26(20)38)30-42-32-28(44(30)2)34(52)48(36(54)46(32)4)16-18-12-14-24(50)40-18/h5-10,17-18H,11-16H2,1-4H3,(H,39,49)(H,40,50). The van der Waals surface area contributed by atoms with Crippen molar-refractivity contribution in [3.63, 3.8) is 0 Å². The Morgan fingerprint density at radius 1 is 0.593 bits per heavy atom. The van der Waals surface area contributed by atoms with Gasteiger partial charge in [-0.25, -0.2) is 19.6 Å². The van der Waals surface area contributed by atoms with Gasteiger partial charge in [-0.3, -0.25) is 37.4 Å². The van der Waals surface area contributed by atoms with Crippen molar-refractivity contribution in [1.82, 2.24) is 48.0 Å². The van der Waals surface area contributed by atoms with Gasteiger partial charge in [-0.15, -0.1) is 0 Å². The van der Waals surface area contributed by atoms with Gasteiger partial charge in [-0.05, 0) is 25.0 Å². The minimum absolute atomic E-state index is 0.0386. The first-order valence-electron chi connectivity index (χ1n) is 17.3. The quantitative estimate of drug-likeness (QED) is 0.247. The number of aromatic nitrogens is 8. The minimum Gasteiger partial charge on any atom is -0.352 e. The summed E-state index contributed by atoms with van der Waals surface area (Å²) >= 11 is 14.3. The molecule has 2 N–H and O–H groups in total. The van der Waals surface area contributed by atoms with Crippen LogP contribution in [-0.4, -0.2) is 61.3 Å². The van der Waals surface area contributed by atoms with E-state index in [1.807, 2.05) is 0 Å². The number of nitrogens with zero attached hydrogens (tertiary/aromatic N) is 8. The summed E-state index contributed by atoms with van der Waals surface area (Å²) < 4.78 is 8.06. The molecule has 18 heteroatoms. The zero-order valence-electron chi connectivity index (χ0n) is 29.6. The van der Waals surface area contributed by atoms with Gasteiger partial charge in [0.05, 0.1) is 23.1 Å². The molecule has 6 heterocycles. The van der Waals surface area contributed by atoms with E-state index >= 15 is 0 Å². The number of aryl methyl sites for hydroxylation is 4. The molecule has 0 spiro atoms. The van der Waals surface area contributed by atoms with E-state index in [4.69, 9.17) is 33.2 Å². The summed E-state index contributed by atoms with van der Waals surface area (Å²) in [6, 6.07) is 9.97. The largest absolute Gasteiger partial charge is 0.352 e. The zero-order chi connectivity index (χ0) is 38.3. The first-order chi connectivity index (χ1) is 25.8. The van der Waals surface area contributed by atoms with Crippen molar-refractivity contribution in [1.29, 1.82) is 0 Å². The molecule has 2 fully saturated rings. The van der Waals surface area contributed by atoms with Gasteiger partial charge in [0.1, 0.15) is 11.6 Å². The van der Waals surface area contributed by atoms with Crippen molar-refractivity contribution in [2.24, 2.45) is 28.2 Å². The van der Waals surface area contributed by atoms with Crippen molar-refractivity contribution in [2.45, 2.75) is 50.9 Å². The summed E-state index contributed by atoms with van der Waals surface area (Å²) in [5, 5.41) is 6.18. The minimum atomic E-state index is -0.551. The van der Waals surface area contributed by atoms with Crippen LogP contribution < -0.4 is 33.1 Å². The highest BCUT2D eigenvalue weighted by molar-refractivity contribution is 6.39. The number of nitrogens with one attached hydrogen (secondary N) is 2. The fraction of sp³-hybridized carbons (Fsp3) is 0.333. The van der Waals surface area contributed by atoms with Crippen LogP contribution in [0.2, 0.25) is 10.0 Å². The monoisotopic (exact) mass is 772 g/mol. The fourth-order valence-corrected chi connectivity index (χ4v) is 8.21. The van der Waals surface area contributed by atoms with Crippen LogP contribution in [0, 0.1) is 0 Å². The molecule has 4 aromatic heterocycles. The molecule has 2 atom stereocenters. The van der Waals surface area contributed by atoms with E-state index < -0.39 is 22.5 Å². The highest BCUT2D eigenvalue weighted by atomic mass is 35.5. The number of hydrogen-bond donors (Lipinski definition) is 2. The fourth-order valence-electron chi connectivity index (χ4n) is 7.59. The number of imidazole rings is 2. The second kappa shape index (κ2) is 13.0. The molecule has 0 bridgehead atoms. The van der Waals surface area contributed by atoms with Crippen LogP contribution in [0.1, 0.15) is 25.7 Å². The number of carbonyl (C=O) groups excluding carboxylic acids is 2. The van der Waals surface area contributed by atoms with Crippen molar-refractivity contribution < 1.29 is 9.59 Å². The third-order valence-corrected chi connectivity index (χ3v) is 11.3. The summed E-state index contributed by atoms with van der Waals surface area (Å²) in [7, 11) is 6.42. The molecule has 54 heavy (non-hydrogen) atoms. The van der Waals surface area contributed by atoms with E-state index in [0.717, 1.165) is 9.13 Å². The van der Waals surface area contributed by atoms with Gasteiger partial charge in [0.25, 0.3) is 11.1 Å². The number of carbonyl (C=O) groups is 2. The highest BCUT2D eigenvalue weighted by Crippen LogP contribution is 2.42. The number of hydrogen-bond acceptors (Lipinski definition) is 8. The number of halogens is 2. The topological polar surface area (TPSA) is 182 Å². The van der Waals surface area contributed by atoms with E-state index in [9.17, 15) is 28.8 Å². The van der Waals surface area contributed by atoms with Gasteiger partial charge in [-0.1, -0.05) is 47.5 Å². The summed E-state index contributed by atoms with van der Waals surface area (Å²) in [5.74, 6) is 0.444. The Hall–Kier alpha value is -5.74. The maximum atomic E-state index is 13.8. The highest BCUT2D eigenvalue weighted by Gasteiger charge is 2.28. The molecule has 0 aliphatic carbocycles. The van der Waals surface area contributed by atoms with E-state index in [0.29, 0.717) is 59.6 Å². The van der Waals surface area contributed by atoms with E-state index in [1.165, 1.54) is 23.2 Å². The van der Waals surface area contributed by atoms with Gasteiger partial charge >= 0.3 is 11.4 Å². The average Bonchev–Trinajstić information content (AvgIpc) is 3.93. The van der Waals surface area contributed by atoms with Crippen molar-refractivity contribution in [3.8, 4) is 33.9 Å². The molecule has 2 saturated heterocycles. The molecule has 2 aromatic carbocycles. The predicted octanol–water partition coefficient (Wildman–Crippen LogP) is 2.05. The van der Waals surface area contributed by atoms with Gasteiger partial charge in [0.2, 0.25) is 11.8 Å². The maximum Gasteiger partial charge on any atom is 0.332 e. The SMILES string of the molecule is Cn1c(-c2cccc(-c3cccc(-c4nc5c(c(=O)n(CC6CCC(=O)N6)c(=O)n5C)n4C)c3Cl)c2Cl)nc2c1c(=O)n(CC1CCC(=O)N1)c(=O)n2C. The molecule has 278 valence electrons. The zero-order valence-corrected chi connectivity index (χ0v) is 31.2. The Balaban J connectivity index is 1.21. The second-order valence-electron chi connectivity index (χ2n) is 13.8. The number of fused-ring (bicyclic) bond motifs is 2. The maximum absolute atomic E-state index is 13.8. The summed E-state index contributed by atoms with van der Waals surface area (Å²) in [4.78, 5) is 87.1. The van der Waals surface area contributed by atoms with Crippen molar-refractivity contribution in [2.75, 3.05) is 0 Å². The molecule has 16 nitrogen and oxygen atoms in total. The molecule has 0 radical (unpaired) electrons. The third kappa shape index (κ3) is 5.42. The Morgan fingerprint density at radius 2 is 0.963 bits per heavy atom. The second-order valence-corrected chi connectivity index (χ2v) is 14.5. The number of rotatable bonds is 7. The van der Waals surface area contributed by atoms with E-state index in [2.05, 4.69) is 10.6 Å².